The maximum Gasteiger partial charge on any atom is 0.161 e. The van der Waals surface area contributed by atoms with Crippen molar-refractivity contribution in [1.82, 2.24) is 15.3 Å². The van der Waals surface area contributed by atoms with E-state index in [1.807, 2.05) is 31.3 Å². The highest BCUT2D eigenvalue weighted by atomic mass is 16.5. The van der Waals surface area contributed by atoms with E-state index < -0.39 is 0 Å². The minimum atomic E-state index is 0.633. The molecule has 5 heteroatoms. The highest BCUT2D eigenvalue weighted by molar-refractivity contribution is 5.42. The third-order valence-corrected chi connectivity index (χ3v) is 2.73. The molecule has 0 saturated heterocycles. The summed E-state index contributed by atoms with van der Waals surface area (Å²) < 4.78 is 10.8. The molecule has 0 amide bonds. The van der Waals surface area contributed by atoms with Gasteiger partial charge in [0.15, 0.2) is 11.5 Å². The second-order valence-electron chi connectivity index (χ2n) is 4.10. The molecule has 0 atom stereocenters. The molecule has 0 saturated carbocycles. The lowest BCUT2D eigenvalue weighted by atomic mass is 10.2. The summed E-state index contributed by atoms with van der Waals surface area (Å²) in [5, 5.41) is 3.34. The zero-order valence-corrected chi connectivity index (χ0v) is 11.3. The van der Waals surface area contributed by atoms with E-state index in [1.54, 1.807) is 13.4 Å². The van der Waals surface area contributed by atoms with Gasteiger partial charge in [-0.2, -0.15) is 0 Å². The van der Waals surface area contributed by atoms with Crippen LogP contribution in [0.3, 0.4) is 0 Å². The zero-order chi connectivity index (χ0) is 13.5. The topological polar surface area (TPSA) is 59.2 Å². The van der Waals surface area contributed by atoms with Crippen LogP contribution in [0.4, 0.5) is 0 Å². The number of nitrogens with one attached hydrogen (secondary N) is 2. The molecule has 0 spiro atoms. The average Bonchev–Trinajstić information content (AvgIpc) is 2.94. The Morgan fingerprint density at radius 3 is 2.84 bits per heavy atom. The van der Waals surface area contributed by atoms with Crippen molar-refractivity contribution in [2.75, 3.05) is 13.7 Å². The molecule has 5 nitrogen and oxygen atoms in total. The summed E-state index contributed by atoms with van der Waals surface area (Å²) >= 11 is 0. The maximum atomic E-state index is 5.49. The molecular formula is C14H19N3O2. The Balaban J connectivity index is 1.93. The molecule has 1 aromatic heterocycles. The van der Waals surface area contributed by atoms with Crippen molar-refractivity contribution in [2.24, 2.45) is 0 Å². The molecule has 0 unspecified atom stereocenters. The van der Waals surface area contributed by atoms with Crippen LogP contribution in [-0.4, -0.2) is 23.7 Å². The Kier molecular flexibility index (Phi) is 4.80. The number of rotatable bonds is 7. The first-order chi connectivity index (χ1) is 9.33. The summed E-state index contributed by atoms with van der Waals surface area (Å²) in [7, 11) is 1.65. The molecule has 102 valence electrons. The van der Waals surface area contributed by atoms with Gasteiger partial charge in [0.25, 0.3) is 0 Å². The number of ether oxygens (including phenoxy) is 2. The first-order valence-corrected chi connectivity index (χ1v) is 6.31. The van der Waals surface area contributed by atoms with Crippen molar-refractivity contribution < 1.29 is 9.47 Å². The van der Waals surface area contributed by atoms with E-state index in [1.165, 1.54) is 0 Å². The lowest BCUT2D eigenvalue weighted by molar-refractivity contribution is 0.310. The van der Waals surface area contributed by atoms with E-state index >= 15 is 0 Å². The Morgan fingerprint density at radius 1 is 1.26 bits per heavy atom. The van der Waals surface area contributed by atoms with Gasteiger partial charge in [0, 0.05) is 25.0 Å². The lowest BCUT2D eigenvalue weighted by Crippen LogP contribution is -2.13. The van der Waals surface area contributed by atoms with E-state index in [2.05, 4.69) is 15.3 Å². The number of H-pyrrole nitrogens is 1. The summed E-state index contributed by atoms with van der Waals surface area (Å²) in [5.74, 6) is 1.55. The van der Waals surface area contributed by atoms with E-state index in [0.717, 1.165) is 35.8 Å². The number of nitrogens with zero attached hydrogens (tertiary/aromatic N) is 1. The quantitative estimate of drug-likeness (QED) is 0.801. The first-order valence-electron chi connectivity index (χ1n) is 6.31. The van der Waals surface area contributed by atoms with Gasteiger partial charge >= 0.3 is 0 Å². The zero-order valence-electron chi connectivity index (χ0n) is 11.3. The highest BCUT2D eigenvalue weighted by Crippen LogP contribution is 2.27. The van der Waals surface area contributed by atoms with Crippen LogP contribution in [0.25, 0.3) is 0 Å². The molecule has 2 rings (SSSR count). The van der Waals surface area contributed by atoms with Gasteiger partial charge < -0.3 is 19.8 Å². The second kappa shape index (κ2) is 6.80. The van der Waals surface area contributed by atoms with Crippen LogP contribution in [0, 0.1) is 0 Å². The van der Waals surface area contributed by atoms with Crippen LogP contribution in [0.5, 0.6) is 11.5 Å². The van der Waals surface area contributed by atoms with Gasteiger partial charge in [-0.25, -0.2) is 4.98 Å². The Labute approximate surface area is 113 Å². The molecule has 0 bridgehead atoms. The molecule has 1 heterocycles. The summed E-state index contributed by atoms with van der Waals surface area (Å²) in [6, 6.07) is 5.97. The van der Waals surface area contributed by atoms with Crippen LogP contribution < -0.4 is 14.8 Å². The smallest absolute Gasteiger partial charge is 0.161 e. The molecule has 0 fully saturated rings. The van der Waals surface area contributed by atoms with Crippen LogP contribution in [-0.2, 0) is 13.1 Å². The number of imidazole rings is 1. The molecular weight excluding hydrogens is 242 g/mol. The van der Waals surface area contributed by atoms with Gasteiger partial charge in [-0.15, -0.1) is 0 Å². The Morgan fingerprint density at radius 2 is 2.16 bits per heavy atom. The van der Waals surface area contributed by atoms with Crippen LogP contribution in [0.15, 0.2) is 30.7 Å². The molecule has 2 N–H and O–H groups in total. The highest BCUT2D eigenvalue weighted by Gasteiger charge is 2.05. The Hall–Kier alpha value is -2.01. The lowest BCUT2D eigenvalue weighted by Gasteiger charge is -2.11. The fourth-order valence-electron chi connectivity index (χ4n) is 1.82. The summed E-state index contributed by atoms with van der Waals surface area (Å²) in [4.78, 5) is 7.03. The van der Waals surface area contributed by atoms with Gasteiger partial charge in [0.2, 0.25) is 0 Å². The average molecular weight is 261 g/mol. The van der Waals surface area contributed by atoms with Crippen molar-refractivity contribution in [3.05, 3.63) is 42.0 Å². The van der Waals surface area contributed by atoms with Gasteiger partial charge in [0.1, 0.15) is 0 Å². The monoisotopic (exact) mass is 261 g/mol. The number of hydrogen-bond acceptors (Lipinski definition) is 4. The summed E-state index contributed by atoms with van der Waals surface area (Å²) in [5.41, 5.74) is 2.22. The van der Waals surface area contributed by atoms with E-state index in [4.69, 9.17) is 9.47 Å². The van der Waals surface area contributed by atoms with Crippen LogP contribution in [0.2, 0.25) is 0 Å². The van der Waals surface area contributed by atoms with E-state index in [-0.39, 0.29) is 0 Å². The van der Waals surface area contributed by atoms with Crippen molar-refractivity contribution in [3.8, 4) is 11.5 Å². The molecule has 0 radical (unpaired) electrons. The number of methoxy groups -OCH3 is 1. The normalized spacial score (nSPS) is 10.4. The van der Waals surface area contributed by atoms with Gasteiger partial charge in [0.05, 0.1) is 20.0 Å². The number of aromatic amines is 1. The predicted octanol–water partition coefficient (Wildman–Crippen LogP) is 2.11. The van der Waals surface area contributed by atoms with Crippen LogP contribution >= 0.6 is 0 Å². The van der Waals surface area contributed by atoms with Crippen molar-refractivity contribution in [1.29, 1.82) is 0 Å². The van der Waals surface area contributed by atoms with Gasteiger partial charge in [-0.3, -0.25) is 0 Å². The SMILES string of the molecule is CCOc1ccc(CNCc2cnc[nH]2)cc1OC. The van der Waals surface area contributed by atoms with E-state index in [0.29, 0.717) is 6.61 Å². The number of aromatic nitrogens is 2. The minimum Gasteiger partial charge on any atom is -0.493 e. The molecule has 0 aliphatic rings. The maximum absolute atomic E-state index is 5.49. The fourth-order valence-corrected chi connectivity index (χ4v) is 1.82. The molecule has 2 aromatic rings. The number of benzene rings is 1. The van der Waals surface area contributed by atoms with Crippen LogP contribution in [0.1, 0.15) is 18.2 Å². The molecule has 0 aliphatic heterocycles. The standard InChI is InChI=1S/C14H19N3O2/c1-3-19-13-5-4-11(6-14(13)18-2)7-15-8-12-9-16-10-17-12/h4-6,9-10,15H,3,7-8H2,1-2H3,(H,16,17). The van der Waals surface area contributed by atoms with Crippen molar-refractivity contribution in [3.63, 3.8) is 0 Å². The fraction of sp³-hybridized carbons (Fsp3) is 0.357. The van der Waals surface area contributed by atoms with Crippen molar-refractivity contribution in [2.45, 2.75) is 20.0 Å². The molecule has 19 heavy (non-hydrogen) atoms. The van der Waals surface area contributed by atoms with E-state index in [9.17, 15) is 0 Å². The predicted molar refractivity (Wildman–Crippen MR) is 73.3 cm³/mol. The van der Waals surface area contributed by atoms with Gasteiger partial charge in [-0.05, 0) is 24.6 Å². The van der Waals surface area contributed by atoms with Crippen molar-refractivity contribution >= 4 is 0 Å². The summed E-state index contributed by atoms with van der Waals surface area (Å²) in [6.07, 6.45) is 3.49. The third-order valence-electron chi connectivity index (χ3n) is 2.73. The number of hydrogen-bond donors (Lipinski definition) is 2. The largest absolute Gasteiger partial charge is 0.493 e. The minimum absolute atomic E-state index is 0.633. The second-order valence-corrected chi connectivity index (χ2v) is 4.10. The summed E-state index contributed by atoms with van der Waals surface area (Å²) in [6.45, 7) is 4.12. The molecule has 1 aromatic carbocycles. The first kappa shape index (κ1) is 13.4. The molecule has 0 aliphatic carbocycles. The third kappa shape index (κ3) is 3.72. The van der Waals surface area contributed by atoms with Gasteiger partial charge in [-0.1, -0.05) is 6.07 Å². The Bertz CT molecular complexity index is 497.